The van der Waals surface area contributed by atoms with E-state index in [9.17, 15) is 5.11 Å². The molecular weight excluding hydrogens is 484 g/mol. The SMILES string of the molecule is COc1ccc2c3c1O[C@H]1c4c(c5cccc6c5n4Cc4ccccc4-6)CC4(O)[C@@H](C2)N(CC2CC2)CC[C@]314. The Morgan fingerprint density at radius 3 is 2.77 bits per heavy atom. The molecule has 4 heterocycles. The van der Waals surface area contributed by atoms with E-state index in [0.717, 1.165) is 49.9 Å². The summed E-state index contributed by atoms with van der Waals surface area (Å²) in [6.07, 6.45) is 4.89. The van der Waals surface area contributed by atoms with Crippen LogP contribution in [0, 0.1) is 5.92 Å². The highest BCUT2D eigenvalue weighted by Gasteiger charge is 2.73. The zero-order valence-electron chi connectivity index (χ0n) is 22.2. The van der Waals surface area contributed by atoms with Crippen LogP contribution in [0.5, 0.6) is 11.5 Å². The van der Waals surface area contributed by atoms with Crippen LogP contribution >= 0.6 is 0 Å². The third kappa shape index (κ3) is 2.35. The Balaban J connectivity index is 1.28. The zero-order chi connectivity index (χ0) is 25.7. The average Bonchev–Trinajstić information content (AvgIpc) is 3.63. The molecule has 1 unspecified atom stereocenters. The molecule has 1 saturated carbocycles. The van der Waals surface area contributed by atoms with E-state index in [4.69, 9.17) is 9.47 Å². The van der Waals surface area contributed by atoms with Crippen molar-refractivity contribution in [3.05, 3.63) is 82.5 Å². The van der Waals surface area contributed by atoms with Gasteiger partial charge in [-0.2, -0.15) is 0 Å². The summed E-state index contributed by atoms with van der Waals surface area (Å²) in [5.41, 5.74) is 9.06. The highest BCUT2D eigenvalue weighted by atomic mass is 16.5. The Labute approximate surface area is 228 Å². The number of aromatic nitrogens is 1. The van der Waals surface area contributed by atoms with Crippen molar-refractivity contribution in [3.8, 4) is 22.6 Å². The number of methoxy groups -OCH3 is 1. The first-order valence-corrected chi connectivity index (χ1v) is 14.7. The molecule has 1 aromatic heterocycles. The Hall–Kier alpha value is -3.28. The molecule has 0 radical (unpaired) electrons. The largest absolute Gasteiger partial charge is 0.493 e. The van der Waals surface area contributed by atoms with Gasteiger partial charge in [0.2, 0.25) is 0 Å². The maximum atomic E-state index is 13.3. The third-order valence-electron chi connectivity index (χ3n) is 11.3. The van der Waals surface area contributed by atoms with Crippen molar-refractivity contribution in [2.75, 3.05) is 20.2 Å². The van der Waals surface area contributed by atoms with Gasteiger partial charge in [0.15, 0.2) is 17.6 Å². The topological polar surface area (TPSA) is 46.9 Å². The monoisotopic (exact) mass is 516 g/mol. The molecule has 1 spiro atoms. The highest BCUT2D eigenvalue weighted by molar-refractivity contribution is 6.00. The second-order valence-corrected chi connectivity index (χ2v) is 12.9. The number of likely N-dealkylation sites (tertiary alicyclic amines) is 1. The molecule has 3 aliphatic carbocycles. The van der Waals surface area contributed by atoms with Gasteiger partial charge in [0, 0.05) is 42.1 Å². The average molecular weight is 517 g/mol. The van der Waals surface area contributed by atoms with Crippen LogP contribution in [0.3, 0.4) is 0 Å². The quantitative estimate of drug-likeness (QED) is 0.350. The lowest BCUT2D eigenvalue weighted by Crippen LogP contribution is -2.74. The molecule has 1 N–H and O–H groups in total. The van der Waals surface area contributed by atoms with E-state index < -0.39 is 11.0 Å². The molecule has 1 saturated heterocycles. The molecular formula is C34H32N2O3. The zero-order valence-corrected chi connectivity index (χ0v) is 22.2. The van der Waals surface area contributed by atoms with Crippen molar-refractivity contribution in [2.45, 2.75) is 61.8 Å². The van der Waals surface area contributed by atoms with Gasteiger partial charge in [0.25, 0.3) is 0 Å². The smallest absolute Gasteiger partial charge is 0.166 e. The first kappa shape index (κ1) is 21.5. The maximum Gasteiger partial charge on any atom is 0.166 e. The fourth-order valence-corrected chi connectivity index (χ4v) is 9.53. The molecule has 2 bridgehead atoms. The van der Waals surface area contributed by atoms with Crippen molar-refractivity contribution >= 4 is 10.9 Å². The van der Waals surface area contributed by atoms with Crippen molar-refractivity contribution in [1.29, 1.82) is 0 Å². The van der Waals surface area contributed by atoms with E-state index in [1.54, 1.807) is 7.11 Å². The predicted octanol–water partition coefficient (Wildman–Crippen LogP) is 5.38. The van der Waals surface area contributed by atoms with E-state index in [-0.39, 0.29) is 12.1 Å². The first-order valence-electron chi connectivity index (χ1n) is 14.7. The van der Waals surface area contributed by atoms with Crippen LogP contribution in [0.2, 0.25) is 0 Å². The summed E-state index contributed by atoms with van der Waals surface area (Å²) < 4.78 is 15.5. The number of para-hydroxylation sites is 1. The minimum atomic E-state index is -0.890. The maximum absolute atomic E-state index is 13.3. The van der Waals surface area contributed by atoms with E-state index in [0.29, 0.717) is 6.42 Å². The summed E-state index contributed by atoms with van der Waals surface area (Å²) in [6, 6.07) is 20.0. The van der Waals surface area contributed by atoms with Crippen LogP contribution in [-0.2, 0) is 24.8 Å². The number of hydrogen-bond acceptors (Lipinski definition) is 4. The summed E-state index contributed by atoms with van der Waals surface area (Å²) in [4.78, 5) is 2.65. The van der Waals surface area contributed by atoms with Crippen molar-refractivity contribution in [1.82, 2.24) is 9.47 Å². The molecule has 10 rings (SSSR count). The van der Waals surface area contributed by atoms with Crippen LogP contribution in [0.1, 0.15) is 53.3 Å². The van der Waals surface area contributed by atoms with Gasteiger partial charge in [-0.15, -0.1) is 0 Å². The van der Waals surface area contributed by atoms with Crippen LogP contribution in [-0.4, -0.2) is 46.4 Å². The summed E-state index contributed by atoms with van der Waals surface area (Å²) in [6.45, 7) is 2.97. The Morgan fingerprint density at radius 1 is 1.03 bits per heavy atom. The van der Waals surface area contributed by atoms with Crippen molar-refractivity contribution < 1.29 is 14.6 Å². The molecule has 5 heteroatoms. The molecule has 196 valence electrons. The van der Waals surface area contributed by atoms with Crippen molar-refractivity contribution in [2.24, 2.45) is 5.92 Å². The number of benzene rings is 3. The third-order valence-corrected chi connectivity index (χ3v) is 11.3. The number of aliphatic hydroxyl groups is 1. The second kappa shape index (κ2) is 6.89. The fourth-order valence-electron chi connectivity index (χ4n) is 9.53. The molecule has 3 aromatic carbocycles. The highest BCUT2D eigenvalue weighted by Crippen LogP contribution is 2.69. The van der Waals surface area contributed by atoms with Gasteiger partial charge in [-0.3, -0.25) is 4.90 Å². The van der Waals surface area contributed by atoms with Gasteiger partial charge < -0.3 is 19.1 Å². The van der Waals surface area contributed by atoms with Gasteiger partial charge in [-0.05, 0) is 66.5 Å². The van der Waals surface area contributed by atoms with Gasteiger partial charge >= 0.3 is 0 Å². The van der Waals surface area contributed by atoms with Crippen LogP contribution in [0.15, 0.2) is 54.6 Å². The van der Waals surface area contributed by atoms with Crippen LogP contribution in [0.4, 0.5) is 0 Å². The van der Waals surface area contributed by atoms with E-state index in [2.05, 4.69) is 64.1 Å². The van der Waals surface area contributed by atoms with Gasteiger partial charge in [0.05, 0.1) is 29.3 Å². The molecule has 4 aromatic rings. The Kier molecular flexibility index (Phi) is 3.80. The lowest BCUT2D eigenvalue weighted by molar-refractivity contribution is -0.173. The molecule has 3 aliphatic heterocycles. The second-order valence-electron chi connectivity index (χ2n) is 12.9. The normalized spacial score (nSPS) is 30.9. The molecule has 2 fully saturated rings. The van der Waals surface area contributed by atoms with Gasteiger partial charge in [-0.1, -0.05) is 48.5 Å². The number of hydrogen-bond donors (Lipinski definition) is 1. The number of piperidine rings is 1. The summed E-state index contributed by atoms with van der Waals surface area (Å²) >= 11 is 0. The molecule has 0 amide bonds. The number of fused-ring (bicyclic) bond motifs is 6. The summed E-state index contributed by atoms with van der Waals surface area (Å²) in [5, 5.41) is 14.5. The van der Waals surface area contributed by atoms with Crippen molar-refractivity contribution in [3.63, 3.8) is 0 Å². The standard InChI is InChI=1S/C34H32N2O3/c1-38-26-12-11-20-15-27-34(37)16-25-24-8-4-7-23-22-6-3-2-5-21(22)18-36(29(23)24)30(25)32-33(34,28(20)31(26)39-32)13-14-35(27)17-19-9-10-19/h2-8,11-12,19,27,32,37H,9-10,13-18H2,1H3/t27-,32+,33+,34?/m1/s1. The number of nitrogens with zero attached hydrogens (tertiary/aromatic N) is 2. The van der Waals surface area contributed by atoms with E-state index in [1.807, 2.05) is 0 Å². The molecule has 6 aliphatic rings. The predicted molar refractivity (Wildman–Crippen MR) is 150 cm³/mol. The van der Waals surface area contributed by atoms with Crippen LogP contribution < -0.4 is 9.47 Å². The molecule has 4 atom stereocenters. The number of rotatable bonds is 3. The molecule has 5 nitrogen and oxygen atoms in total. The number of ether oxygens (including phenoxy) is 2. The first-order chi connectivity index (χ1) is 19.1. The lowest BCUT2D eigenvalue weighted by Gasteiger charge is -2.63. The lowest BCUT2D eigenvalue weighted by atomic mass is 9.49. The van der Waals surface area contributed by atoms with Crippen LogP contribution in [0.25, 0.3) is 22.0 Å². The van der Waals surface area contributed by atoms with E-state index >= 15 is 0 Å². The Morgan fingerprint density at radius 2 is 1.90 bits per heavy atom. The summed E-state index contributed by atoms with van der Waals surface area (Å²) in [5.74, 6) is 2.46. The van der Waals surface area contributed by atoms with Gasteiger partial charge in [-0.25, -0.2) is 0 Å². The van der Waals surface area contributed by atoms with E-state index in [1.165, 1.54) is 62.8 Å². The van der Waals surface area contributed by atoms with Gasteiger partial charge in [0.1, 0.15) is 0 Å². The Bertz CT molecular complexity index is 1750. The minimum absolute atomic E-state index is 0.0989. The molecule has 39 heavy (non-hydrogen) atoms. The summed E-state index contributed by atoms with van der Waals surface area (Å²) in [7, 11) is 1.74. The minimum Gasteiger partial charge on any atom is -0.493 e. The fraction of sp³-hybridized carbons (Fsp3) is 0.412.